The second-order valence-corrected chi connectivity index (χ2v) is 2.54. The highest BCUT2D eigenvalue weighted by molar-refractivity contribution is 5.18. The van der Waals surface area contributed by atoms with Gasteiger partial charge in [0.1, 0.15) is 0 Å². The minimum Gasteiger partial charge on any atom is -0.0859 e. The third kappa shape index (κ3) is 2.01. The highest BCUT2D eigenvalue weighted by Crippen LogP contribution is 2.20. The van der Waals surface area contributed by atoms with E-state index in [9.17, 15) is 0 Å². The van der Waals surface area contributed by atoms with Gasteiger partial charge in [-0.15, -0.1) is 0 Å². The molecule has 0 fully saturated rings. The lowest BCUT2D eigenvalue weighted by molar-refractivity contribution is 0.693. The maximum Gasteiger partial charge on any atom is 0.0622 e. The van der Waals surface area contributed by atoms with Gasteiger partial charge in [0.25, 0.3) is 0 Å². The van der Waals surface area contributed by atoms with Crippen LogP contribution >= 0.6 is 0 Å². The van der Waals surface area contributed by atoms with Crippen LogP contribution in [0, 0.1) is 0 Å². The molecule has 0 aliphatic heterocycles. The molecule has 1 aromatic carbocycles. The monoisotopic (exact) mass is 161 g/mol. The van der Waals surface area contributed by atoms with Crippen molar-refractivity contribution in [3.63, 3.8) is 0 Å². The quantitative estimate of drug-likeness (QED) is 0.370. The Hall–Kier alpha value is -1.47. The Bertz CT molecular complexity index is 275. The van der Waals surface area contributed by atoms with E-state index in [-0.39, 0.29) is 6.04 Å². The van der Waals surface area contributed by atoms with Crippen molar-refractivity contribution in [2.24, 2.45) is 5.11 Å². The molecular weight excluding hydrogens is 150 g/mol. The zero-order chi connectivity index (χ0) is 8.81. The summed E-state index contributed by atoms with van der Waals surface area (Å²) >= 11 is 0. The molecule has 1 atom stereocenters. The van der Waals surface area contributed by atoms with Crippen molar-refractivity contribution in [1.29, 1.82) is 0 Å². The highest BCUT2D eigenvalue weighted by Gasteiger charge is 2.04. The van der Waals surface area contributed by atoms with E-state index in [2.05, 4.69) is 10.0 Å². The summed E-state index contributed by atoms with van der Waals surface area (Å²) in [6, 6.07) is 9.78. The first-order valence-electron chi connectivity index (χ1n) is 3.97. The van der Waals surface area contributed by atoms with Crippen molar-refractivity contribution < 1.29 is 0 Å². The Balaban J connectivity index is 2.87. The van der Waals surface area contributed by atoms with Crippen molar-refractivity contribution in [2.75, 3.05) is 0 Å². The SMILES string of the molecule is CCC(N=[N+]=[N-])c1ccccc1. The first-order chi connectivity index (χ1) is 5.88. The van der Waals surface area contributed by atoms with E-state index < -0.39 is 0 Å². The van der Waals surface area contributed by atoms with E-state index in [1.54, 1.807) is 0 Å². The number of hydrogen-bond acceptors (Lipinski definition) is 1. The van der Waals surface area contributed by atoms with E-state index in [0.29, 0.717) is 0 Å². The number of benzene rings is 1. The Morgan fingerprint density at radius 1 is 1.42 bits per heavy atom. The summed E-state index contributed by atoms with van der Waals surface area (Å²) in [6.45, 7) is 2.01. The van der Waals surface area contributed by atoms with Gasteiger partial charge in [-0.2, -0.15) is 0 Å². The predicted molar refractivity (Wildman–Crippen MR) is 48.6 cm³/mol. The predicted octanol–water partition coefficient (Wildman–Crippen LogP) is 3.45. The lowest BCUT2D eigenvalue weighted by Gasteiger charge is -2.06. The van der Waals surface area contributed by atoms with Crippen LogP contribution in [0.2, 0.25) is 0 Å². The molecule has 0 saturated heterocycles. The normalized spacial score (nSPS) is 11.8. The van der Waals surface area contributed by atoms with Gasteiger partial charge in [0.15, 0.2) is 0 Å². The lowest BCUT2D eigenvalue weighted by Crippen LogP contribution is -1.90. The molecule has 0 saturated carbocycles. The molecule has 0 heterocycles. The molecule has 3 heteroatoms. The molecule has 0 amide bonds. The molecule has 1 aromatic rings. The van der Waals surface area contributed by atoms with Crippen LogP contribution in [-0.4, -0.2) is 0 Å². The van der Waals surface area contributed by atoms with Crippen LogP contribution in [0.3, 0.4) is 0 Å². The molecule has 0 aliphatic rings. The van der Waals surface area contributed by atoms with Gasteiger partial charge >= 0.3 is 0 Å². The van der Waals surface area contributed by atoms with Crippen LogP contribution in [0.1, 0.15) is 24.9 Å². The molecule has 3 nitrogen and oxygen atoms in total. The van der Waals surface area contributed by atoms with E-state index in [4.69, 9.17) is 5.53 Å². The zero-order valence-corrected chi connectivity index (χ0v) is 7.01. The van der Waals surface area contributed by atoms with Gasteiger partial charge in [0, 0.05) is 4.91 Å². The van der Waals surface area contributed by atoms with Crippen molar-refractivity contribution >= 4 is 0 Å². The van der Waals surface area contributed by atoms with Crippen LogP contribution in [0.5, 0.6) is 0 Å². The van der Waals surface area contributed by atoms with Crippen LogP contribution in [-0.2, 0) is 0 Å². The minimum absolute atomic E-state index is 0.0174. The fourth-order valence-electron chi connectivity index (χ4n) is 1.12. The number of hydrogen-bond donors (Lipinski definition) is 0. The number of rotatable bonds is 3. The van der Waals surface area contributed by atoms with Crippen molar-refractivity contribution in [1.82, 2.24) is 0 Å². The third-order valence-electron chi connectivity index (χ3n) is 1.76. The average molecular weight is 161 g/mol. The summed E-state index contributed by atoms with van der Waals surface area (Å²) in [4.78, 5) is 2.81. The average Bonchev–Trinajstić information content (AvgIpc) is 2.15. The molecule has 0 aliphatic carbocycles. The topological polar surface area (TPSA) is 48.8 Å². The van der Waals surface area contributed by atoms with Gasteiger partial charge in [-0.05, 0) is 17.5 Å². The van der Waals surface area contributed by atoms with Crippen LogP contribution < -0.4 is 0 Å². The van der Waals surface area contributed by atoms with E-state index >= 15 is 0 Å². The Kier molecular flexibility index (Phi) is 3.17. The molecule has 62 valence electrons. The fourth-order valence-corrected chi connectivity index (χ4v) is 1.12. The van der Waals surface area contributed by atoms with E-state index in [1.165, 1.54) is 0 Å². The molecule has 12 heavy (non-hydrogen) atoms. The van der Waals surface area contributed by atoms with Gasteiger partial charge < -0.3 is 0 Å². The maximum atomic E-state index is 8.29. The fraction of sp³-hybridized carbons (Fsp3) is 0.333. The van der Waals surface area contributed by atoms with Gasteiger partial charge in [0.2, 0.25) is 0 Å². The van der Waals surface area contributed by atoms with Gasteiger partial charge in [-0.25, -0.2) is 0 Å². The molecule has 0 N–H and O–H groups in total. The Morgan fingerprint density at radius 3 is 2.58 bits per heavy atom. The molecule has 1 rings (SSSR count). The molecule has 0 aromatic heterocycles. The lowest BCUT2D eigenvalue weighted by atomic mass is 10.1. The van der Waals surface area contributed by atoms with Gasteiger partial charge in [0.05, 0.1) is 6.04 Å². The second kappa shape index (κ2) is 4.42. The molecule has 0 bridgehead atoms. The van der Waals surface area contributed by atoms with Crippen molar-refractivity contribution in [3.05, 3.63) is 46.3 Å². The van der Waals surface area contributed by atoms with Gasteiger partial charge in [-0.1, -0.05) is 42.4 Å². The summed E-state index contributed by atoms with van der Waals surface area (Å²) < 4.78 is 0. The standard InChI is InChI=1S/C9H11N3/c1-2-9(11-12-10)8-6-4-3-5-7-8/h3-7,9H,2H2,1H3. The van der Waals surface area contributed by atoms with Crippen LogP contribution in [0.15, 0.2) is 35.4 Å². The summed E-state index contributed by atoms with van der Waals surface area (Å²) in [5.74, 6) is 0. The van der Waals surface area contributed by atoms with Crippen molar-refractivity contribution in [3.8, 4) is 0 Å². The Labute approximate surface area is 71.7 Å². The Morgan fingerprint density at radius 2 is 2.08 bits per heavy atom. The molecule has 1 unspecified atom stereocenters. The van der Waals surface area contributed by atoms with Crippen LogP contribution in [0.4, 0.5) is 0 Å². The summed E-state index contributed by atoms with van der Waals surface area (Å²) in [7, 11) is 0. The van der Waals surface area contributed by atoms with E-state index in [1.807, 2.05) is 37.3 Å². The summed E-state index contributed by atoms with van der Waals surface area (Å²) in [5.41, 5.74) is 9.37. The first-order valence-corrected chi connectivity index (χ1v) is 3.97. The second-order valence-electron chi connectivity index (χ2n) is 2.54. The van der Waals surface area contributed by atoms with Gasteiger partial charge in [-0.3, -0.25) is 0 Å². The summed E-state index contributed by atoms with van der Waals surface area (Å²) in [6.07, 6.45) is 0.841. The van der Waals surface area contributed by atoms with Crippen molar-refractivity contribution in [2.45, 2.75) is 19.4 Å². The molecule has 0 spiro atoms. The summed E-state index contributed by atoms with van der Waals surface area (Å²) in [5, 5.41) is 3.69. The largest absolute Gasteiger partial charge is 0.0859 e. The zero-order valence-electron chi connectivity index (χ0n) is 7.01. The van der Waals surface area contributed by atoms with Crippen LogP contribution in [0.25, 0.3) is 10.4 Å². The smallest absolute Gasteiger partial charge is 0.0622 e. The number of nitrogens with zero attached hydrogens (tertiary/aromatic N) is 3. The van der Waals surface area contributed by atoms with E-state index in [0.717, 1.165) is 12.0 Å². The maximum absolute atomic E-state index is 8.29. The first kappa shape index (κ1) is 8.62. The minimum atomic E-state index is -0.0174. The third-order valence-corrected chi connectivity index (χ3v) is 1.76. The highest BCUT2D eigenvalue weighted by atomic mass is 15.1. The molecule has 0 radical (unpaired) electrons. The molecular formula is C9H11N3. The number of azide groups is 1.